The monoisotopic (exact) mass is 442 g/mol. The first-order chi connectivity index (χ1) is 14.1. The maximum Gasteiger partial charge on any atom is 0.417 e. The summed E-state index contributed by atoms with van der Waals surface area (Å²) in [6, 6.07) is 0.887. The largest absolute Gasteiger partial charge is 0.417 e. The number of hydrogen-bond acceptors (Lipinski definition) is 7. The van der Waals surface area contributed by atoms with Crippen molar-refractivity contribution in [2.24, 2.45) is 0 Å². The molecule has 1 saturated heterocycles. The van der Waals surface area contributed by atoms with E-state index in [2.05, 4.69) is 15.2 Å². The molecule has 1 fully saturated rings. The molecule has 0 unspecified atom stereocenters. The summed E-state index contributed by atoms with van der Waals surface area (Å²) in [5.74, 6) is 0.865. The Morgan fingerprint density at radius 2 is 1.90 bits per heavy atom. The Bertz CT molecular complexity index is 1150. The number of hydrogen-bond donors (Lipinski definition) is 0. The van der Waals surface area contributed by atoms with Gasteiger partial charge in [-0.3, -0.25) is 9.69 Å². The standard InChI is InChI=1S/C18H18ClF3N6O2/c1-10-14-11(2)30-25-15(14)17(29)28(24-10)9-26-3-5-27(6-4-26)16-13(19)7-12(8-23-16)18(20,21)22/h7-8H,3-6,9H2,1-2H3. The molecule has 12 heteroatoms. The predicted molar refractivity (Wildman–Crippen MR) is 104 cm³/mol. The molecule has 0 amide bonds. The third-order valence-corrected chi connectivity index (χ3v) is 5.37. The fourth-order valence-corrected chi connectivity index (χ4v) is 3.83. The summed E-state index contributed by atoms with van der Waals surface area (Å²) in [4.78, 5) is 20.4. The Balaban J connectivity index is 1.46. The number of halogens is 4. The Hall–Kier alpha value is -2.66. The second-order valence-corrected chi connectivity index (χ2v) is 7.53. The van der Waals surface area contributed by atoms with Crippen molar-refractivity contribution < 1.29 is 17.7 Å². The highest BCUT2D eigenvalue weighted by molar-refractivity contribution is 6.33. The third-order valence-electron chi connectivity index (χ3n) is 5.09. The molecule has 0 bridgehead atoms. The van der Waals surface area contributed by atoms with Crippen LogP contribution in [-0.2, 0) is 12.8 Å². The molecule has 0 spiro atoms. The van der Waals surface area contributed by atoms with Gasteiger partial charge in [0, 0.05) is 32.4 Å². The van der Waals surface area contributed by atoms with Gasteiger partial charge in [0.05, 0.1) is 28.3 Å². The number of fused-ring (bicyclic) bond motifs is 1. The van der Waals surface area contributed by atoms with Crippen LogP contribution in [0.4, 0.5) is 19.0 Å². The van der Waals surface area contributed by atoms with Crippen LogP contribution in [0, 0.1) is 13.8 Å². The molecule has 0 aromatic carbocycles. The Labute approximate surface area is 173 Å². The predicted octanol–water partition coefficient (Wildman–Crippen LogP) is 2.85. The lowest BCUT2D eigenvalue weighted by molar-refractivity contribution is -0.137. The minimum Gasteiger partial charge on any atom is -0.360 e. The van der Waals surface area contributed by atoms with Gasteiger partial charge in [0.1, 0.15) is 11.6 Å². The van der Waals surface area contributed by atoms with Gasteiger partial charge in [0.2, 0.25) is 0 Å². The lowest BCUT2D eigenvalue weighted by Crippen LogP contribution is -2.48. The molecule has 160 valence electrons. The molecule has 0 radical (unpaired) electrons. The minimum absolute atomic E-state index is 0.0429. The minimum atomic E-state index is -4.49. The maximum atomic E-state index is 12.8. The van der Waals surface area contributed by atoms with E-state index in [4.69, 9.17) is 16.1 Å². The van der Waals surface area contributed by atoms with E-state index in [0.717, 1.165) is 12.3 Å². The molecule has 0 aliphatic carbocycles. The number of anilines is 1. The van der Waals surface area contributed by atoms with Crippen molar-refractivity contribution in [3.63, 3.8) is 0 Å². The van der Waals surface area contributed by atoms with Crippen LogP contribution >= 0.6 is 11.6 Å². The summed E-state index contributed by atoms with van der Waals surface area (Å²) in [5.41, 5.74) is -0.307. The number of aromatic nitrogens is 4. The molecule has 8 nitrogen and oxygen atoms in total. The van der Waals surface area contributed by atoms with Crippen LogP contribution < -0.4 is 10.5 Å². The molecule has 3 aromatic rings. The average molecular weight is 443 g/mol. The fraction of sp³-hybridized carbons (Fsp3) is 0.444. The smallest absolute Gasteiger partial charge is 0.360 e. The van der Waals surface area contributed by atoms with Gasteiger partial charge in [-0.2, -0.15) is 18.3 Å². The molecule has 4 heterocycles. The average Bonchev–Trinajstić information content (AvgIpc) is 3.08. The number of pyridine rings is 1. The molecule has 1 aliphatic rings. The first kappa shape index (κ1) is 20.6. The number of nitrogens with zero attached hydrogens (tertiary/aromatic N) is 6. The Kier molecular flexibility index (Phi) is 5.18. The second kappa shape index (κ2) is 7.55. The first-order valence-electron chi connectivity index (χ1n) is 9.19. The molecule has 0 atom stereocenters. The van der Waals surface area contributed by atoms with Gasteiger partial charge in [-0.15, -0.1) is 0 Å². The van der Waals surface area contributed by atoms with Gasteiger partial charge in [0.15, 0.2) is 5.52 Å². The van der Waals surface area contributed by atoms with Crippen LogP contribution in [0.2, 0.25) is 5.02 Å². The van der Waals surface area contributed by atoms with Gasteiger partial charge in [0.25, 0.3) is 5.56 Å². The number of piperazine rings is 1. The van der Waals surface area contributed by atoms with E-state index in [1.54, 1.807) is 13.8 Å². The van der Waals surface area contributed by atoms with Crippen molar-refractivity contribution in [2.45, 2.75) is 26.7 Å². The summed E-state index contributed by atoms with van der Waals surface area (Å²) < 4.78 is 44.8. The Morgan fingerprint density at radius 3 is 2.53 bits per heavy atom. The fourth-order valence-electron chi connectivity index (χ4n) is 3.55. The van der Waals surface area contributed by atoms with Crippen molar-refractivity contribution in [1.82, 2.24) is 24.8 Å². The molecule has 0 saturated carbocycles. The molecular formula is C18H18ClF3N6O2. The van der Waals surface area contributed by atoms with Gasteiger partial charge in [-0.05, 0) is 19.9 Å². The summed E-state index contributed by atoms with van der Waals surface area (Å²) in [7, 11) is 0. The first-order valence-corrected chi connectivity index (χ1v) is 9.56. The SMILES string of the molecule is Cc1nn(CN2CCN(c3ncc(C(F)(F)F)cc3Cl)CC2)c(=O)c2noc(C)c12. The molecule has 1 aliphatic heterocycles. The molecule has 3 aromatic heterocycles. The van der Waals surface area contributed by atoms with Crippen LogP contribution in [-0.4, -0.2) is 51.0 Å². The molecule has 30 heavy (non-hydrogen) atoms. The number of aryl methyl sites for hydroxylation is 2. The van der Waals surface area contributed by atoms with E-state index < -0.39 is 11.7 Å². The van der Waals surface area contributed by atoms with Crippen LogP contribution in [0.5, 0.6) is 0 Å². The highest BCUT2D eigenvalue weighted by atomic mass is 35.5. The van der Waals surface area contributed by atoms with E-state index in [0.29, 0.717) is 48.8 Å². The normalized spacial score (nSPS) is 15.9. The highest BCUT2D eigenvalue weighted by Crippen LogP contribution is 2.33. The summed E-state index contributed by atoms with van der Waals surface area (Å²) >= 11 is 6.04. The molecular weight excluding hydrogens is 425 g/mol. The van der Waals surface area contributed by atoms with E-state index in [-0.39, 0.29) is 22.8 Å². The van der Waals surface area contributed by atoms with E-state index in [1.165, 1.54) is 4.68 Å². The van der Waals surface area contributed by atoms with Crippen LogP contribution in [0.25, 0.3) is 10.9 Å². The zero-order valence-electron chi connectivity index (χ0n) is 16.2. The van der Waals surface area contributed by atoms with Crippen LogP contribution in [0.1, 0.15) is 17.0 Å². The van der Waals surface area contributed by atoms with Gasteiger partial charge in [-0.25, -0.2) is 9.67 Å². The highest BCUT2D eigenvalue weighted by Gasteiger charge is 2.32. The van der Waals surface area contributed by atoms with Crippen molar-refractivity contribution in [2.75, 3.05) is 31.1 Å². The molecule has 4 rings (SSSR count). The van der Waals surface area contributed by atoms with Crippen molar-refractivity contribution in [3.8, 4) is 0 Å². The maximum absolute atomic E-state index is 12.8. The van der Waals surface area contributed by atoms with E-state index in [1.807, 2.05) is 9.80 Å². The second-order valence-electron chi connectivity index (χ2n) is 7.13. The number of rotatable bonds is 3. The van der Waals surface area contributed by atoms with Crippen LogP contribution in [0.3, 0.4) is 0 Å². The van der Waals surface area contributed by atoms with Gasteiger partial charge < -0.3 is 9.42 Å². The van der Waals surface area contributed by atoms with Crippen molar-refractivity contribution in [1.29, 1.82) is 0 Å². The quantitative estimate of drug-likeness (QED) is 0.617. The van der Waals surface area contributed by atoms with Gasteiger partial charge >= 0.3 is 6.18 Å². The van der Waals surface area contributed by atoms with Gasteiger partial charge in [-0.1, -0.05) is 16.8 Å². The summed E-state index contributed by atoms with van der Waals surface area (Å²) in [6.45, 7) is 5.90. The summed E-state index contributed by atoms with van der Waals surface area (Å²) in [5, 5.41) is 8.79. The summed E-state index contributed by atoms with van der Waals surface area (Å²) in [6.07, 6.45) is -3.70. The lowest BCUT2D eigenvalue weighted by atomic mass is 10.2. The zero-order chi connectivity index (χ0) is 21.6. The molecule has 0 N–H and O–H groups in total. The van der Waals surface area contributed by atoms with Crippen LogP contribution in [0.15, 0.2) is 21.6 Å². The number of alkyl halides is 3. The Morgan fingerprint density at radius 1 is 1.20 bits per heavy atom. The van der Waals surface area contributed by atoms with Crippen molar-refractivity contribution >= 4 is 28.3 Å². The van der Waals surface area contributed by atoms with Crippen molar-refractivity contribution in [3.05, 3.63) is 44.7 Å². The lowest BCUT2D eigenvalue weighted by Gasteiger charge is -2.35. The zero-order valence-corrected chi connectivity index (χ0v) is 17.0. The topological polar surface area (TPSA) is 80.3 Å². The van der Waals surface area contributed by atoms with E-state index >= 15 is 0 Å². The van der Waals surface area contributed by atoms with E-state index in [9.17, 15) is 18.0 Å². The third kappa shape index (κ3) is 3.74.